The van der Waals surface area contributed by atoms with Crippen molar-refractivity contribution in [2.45, 2.75) is 19.3 Å². The standard InChI is InChI=1S/C19H26N2O4S.ClH/c1-24-18-10-8-15(11-12-20)17(19(18)25-2)9-7-14-5-4-6-16(13-14)21-26(3,22)23;/h4-6,8,10,13,21H,7,9,11-12,20H2,1-3H3;1H. The van der Waals surface area contributed by atoms with Crippen molar-refractivity contribution in [1.82, 2.24) is 0 Å². The molecule has 0 heterocycles. The summed E-state index contributed by atoms with van der Waals surface area (Å²) in [4.78, 5) is 0. The van der Waals surface area contributed by atoms with Gasteiger partial charge in [-0.15, -0.1) is 12.4 Å². The Morgan fingerprint density at radius 3 is 2.37 bits per heavy atom. The molecule has 0 unspecified atom stereocenters. The first-order valence-electron chi connectivity index (χ1n) is 8.37. The van der Waals surface area contributed by atoms with Gasteiger partial charge in [0.05, 0.1) is 20.5 Å². The van der Waals surface area contributed by atoms with Crippen molar-refractivity contribution >= 4 is 28.1 Å². The van der Waals surface area contributed by atoms with E-state index in [4.69, 9.17) is 15.2 Å². The summed E-state index contributed by atoms with van der Waals surface area (Å²) < 4.78 is 36.3. The molecule has 0 aliphatic heterocycles. The second kappa shape index (κ2) is 10.4. The number of aryl methyl sites for hydroxylation is 1. The fourth-order valence-electron chi connectivity index (χ4n) is 2.97. The van der Waals surface area contributed by atoms with E-state index in [1.54, 1.807) is 20.3 Å². The molecule has 2 rings (SSSR count). The molecule has 0 radical (unpaired) electrons. The van der Waals surface area contributed by atoms with E-state index in [0.717, 1.165) is 48.0 Å². The molecule has 0 saturated carbocycles. The Labute approximate surface area is 167 Å². The maximum atomic E-state index is 11.4. The van der Waals surface area contributed by atoms with E-state index < -0.39 is 10.0 Å². The van der Waals surface area contributed by atoms with E-state index in [9.17, 15) is 8.42 Å². The molecule has 8 heteroatoms. The molecular formula is C19H27ClN2O4S. The number of methoxy groups -OCH3 is 2. The fourth-order valence-corrected chi connectivity index (χ4v) is 3.52. The van der Waals surface area contributed by atoms with Crippen LogP contribution in [-0.4, -0.2) is 35.4 Å². The molecule has 150 valence electrons. The topological polar surface area (TPSA) is 90.6 Å². The minimum absolute atomic E-state index is 0. The Morgan fingerprint density at radius 2 is 1.78 bits per heavy atom. The molecule has 0 aromatic heterocycles. The highest BCUT2D eigenvalue weighted by Gasteiger charge is 2.15. The van der Waals surface area contributed by atoms with Crippen LogP contribution in [0.3, 0.4) is 0 Å². The van der Waals surface area contributed by atoms with Gasteiger partial charge in [0, 0.05) is 11.3 Å². The zero-order valence-corrected chi connectivity index (χ0v) is 17.5. The lowest BCUT2D eigenvalue weighted by atomic mass is 9.96. The van der Waals surface area contributed by atoms with E-state index in [-0.39, 0.29) is 12.4 Å². The molecule has 0 bridgehead atoms. The lowest BCUT2D eigenvalue weighted by Gasteiger charge is -2.17. The smallest absolute Gasteiger partial charge is 0.229 e. The van der Waals surface area contributed by atoms with Gasteiger partial charge in [0.2, 0.25) is 10.0 Å². The van der Waals surface area contributed by atoms with Gasteiger partial charge in [-0.25, -0.2) is 8.42 Å². The summed E-state index contributed by atoms with van der Waals surface area (Å²) in [6, 6.07) is 11.3. The SMILES string of the molecule is COc1ccc(CCN)c(CCc2cccc(NS(C)(=O)=O)c2)c1OC.Cl. The van der Waals surface area contributed by atoms with Gasteiger partial charge < -0.3 is 15.2 Å². The number of rotatable bonds is 9. The van der Waals surface area contributed by atoms with Gasteiger partial charge in [0.25, 0.3) is 0 Å². The van der Waals surface area contributed by atoms with Crippen LogP contribution in [0.5, 0.6) is 11.5 Å². The van der Waals surface area contributed by atoms with Crippen molar-refractivity contribution in [2.75, 3.05) is 31.7 Å². The summed E-state index contributed by atoms with van der Waals surface area (Å²) in [6.07, 6.45) is 3.36. The molecule has 0 atom stereocenters. The monoisotopic (exact) mass is 414 g/mol. The highest BCUT2D eigenvalue weighted by Crippen LogP contribution is 2.34. The molecule has 0 saturated heterocycles. The van der Waals surface area contributed by atoms with Gasteiger partial charge in [0.15, 0.2) is 11.5 Å². The third-order valence-electron chi connectivity index (χ3n) is 4.05. The number of hydrogen-bond donors (Lipinski definition) is 2. The Bertz CT molecular complexity index is 857. The zero-order valence-electron chi connectivity index (χ0n) is 15.8. The normalized spacial score (nSPS) is 10.8. The minimum atomic E-state index is -3.30. The zero-order chi connectivity index (χ0) is 19.2. The third kappa shape index (κ3) is 6.61. The van der Waals surface area contributed by atoms with Gasteiger partial charge in [-0.2, -0.15) is 0 Å². The van der Waals surface area contributed by atoms with Gasteiger partial charge in [0.1, 0.15) is 0 Å². The number of sulfonamides is 1. The number of benzene rings is 2. The molecule has 6 nitrogen and oxygen atoms in total. The lowest BCUT2D eigenvalue weighted by molar-refractivity contribution is 0.351. The summed E-state index contributed by atoms with van der Waals surface area (Å²) >= 11 is 0. The predicted octanol–water partition coefficient (Wildman–Crippen LogP) is 2.78. The van der Waals surface area contributed by atoms with Crippen molar-refractivity contribution in [3.05, 3.63) is 53.1 Å². The maximum Gasteiger partial charge on any atom is 0.229 e. The molecule has 3 N–H and O–H groups in total. The van der Waals surface area contributed by atoms with Crippen LogP contribution in [0.4, 0.5) is 5.69 Å². The second-order valence-electron chi connectivity index (χ2n) is 6.05. The van der Waals surface area contributed by atoms with Crippen molar-refractivity contribution in [3.63, 3.8) is 0 Å². The number of ether oxygens (including phenoxy) is 2. The highest BCUT2D eigenvalue weighted by molar-refractivity contribution is 7.92. The predicted molar refractivity (Wildman–Crippen MR) is 112 cm³/mol. The number of nitrogens with two attached hydrogens (primary N) is 1. The summed E-state index contributed by atoms with van der Waals surface area (Å²) in [5.41, 5.74) is 9.53. The summed E-state index contributed by atoms with van der Waals surface area (Å²) in [5, 5.41) is 0. The van der Waals surface area contributed by atoms with E-state index in [0.29, 0.717) is 18.0 Å². The van der Waals surface area contributed by atoms with Crippen LogP contribution in [0.1, 0.15) is 16.7 Å². The second-order valence-corrected chi connectivity index (χ2v) is 7.80. The van der Waals surface area contributed by atoms with Gasteiger partial charge in [-0.05, 0) is 55.1 Å². The first kappa shape index (κ1) is 23.1. The van der Waals surface area contributed by atoms with Crippen molar-refractivity contribution < 1.29 is 17.9 Å². The Hall–Kier alpha value is -1.96. The Balaban J connectivity index is 0.00000364. The third-order valence-corrected chi connectivity index (χ3v) is 4.66. The first-order valence-corrected chi connectivity index (χ1v) is 10.3. The molecular weight excluding hydrogens is 388 g/mol. The Morgan fingerprint density at radius 1 is 1.04 bits per heavy atom. The Kier molecular flexibility index (Phi) is 8.88. The molecule has 0 aliphatic rings. The molecule has 27 heavy (non-hydrogen) atoms. The van der Waals surface area contributed by atoms with Crippen molar-refractivity contribution in [1.29, 1.82) is 0 Å². The van der Waals surface area contributed by atoms with Gasteiger partial charge in [-0.1, -0.05) is 18.2 Å². The molecule has 0 amide bonds. The quantitative estimate of drug-likeness (QED) is 0.658. The van der Waals surface area contributed by atoms with Crippen LogP contribution in [0.2, 0.25) is 0 Å². The van der Waals surface area contributed by atoms with E-state index in [1.807, 2.05) is 30.3 Å². The van der Waals surface area contributed by atoms with Crippen molar-refractivity contribution in [2.24, 2.45) is 5.73 Å². The molecule has 0 spiro atoms. The van der Waals surface area contributed by atoms with Crippen molar-refractivity contribution in [3.8, 4) is 11.5 Å². The number of halogens is 1. The van der Waals surface area contributed by atoms with E-state index in [2.05, 4.69) is 4.72 Å². The summed E-state index contributed by atoms with van der Waals surface area (Å²) in [7, 11) is -0.0504. The van der Waals surface area contributed by atoms with Crippen LogP contribution in [0, 0.1) is 0 Å². The van der Waals surface area contributed by atoms with Gasteiger partial charge in [-0.3, -0.25) is 4.72 Å². The molecule has 2 aromatic carbocycles. The van der Waals surface area contributed by atoms with E-state index >= 15 is 0 Å². The highest BCUT2D eigenvalue weighted by atomic mass is 35.5. The van der Waals surface area contributed by atoms with Gasteiger partial charge >= 0.3 is 0 Å². The van der Waals surface area contributed by atoms with Crippen LogP contribution < -0.4 is 19.9 Å². The minimum Gasteiger partial charge on any atom is -0.493 e. The molecule has 0 aliphatic carbocycles. The fraction of sp³-hybridized carbons (Fsp3) is 0.368. The maximum absolute atomic E-state index is 11.4. The average molecular weight is 415 g/mol. The summed E-state index contributed by atoms with van der Waals surface area (Å²) in [5.74, 6) is 1.42. The first-order chi connectivity index (χ1) is 12.4. The van der Waals surface area contributed by atoms with Crippen LogP contribution in [0.25, 0.3) is 0 Å². The largest absolute Gasteiger partial charge is 0.493 e. The molecule has 0 fully saturated rings. The average Bonchev–Trinajstić information content (AvgIpc) is 2.59. The molecule has 2 aromatic rings. The van der Waals surface area contributed by atoms with Crippen LogP contribution in [-0.2, 0) is 29.3 Å². The number of nitrogens with one attached hydrogen (secondary N) is 1. The number of hydrogen-bond acceptors (Lipinski definition) is 5. The van der Waals surface area contributed by atoms with Crippen LogP contribution in [0.15, 0.2) is 36.4 Å². The van der Waals surface area contributed by atoms with Crippen LogP contribution >= 0.6 is 12.4 Å². The summed E-state index contributed by atoms with van der Waals surface area (Å²) in [6.45, 7) is 0.552. The number of anilines is 1. The van der Waals surface area contributed by atoms with E-state index in [1.165, 1.54) is 0 Å². The lowest BCUT2D eigenvalue weighted by Crippen LogP contribution is -2.10.